The third-order valence-corrected chi connectivity index (χ3v) is 3.19. The molecule has 4 nitrogen and oxygen atoms in total. The predicted molar refractivity (Wildman–Crippen MR) is 78.8 cm³/mol. The van der Waals surface area contributed by atoms with Gasteiger partial charge in [-0.2, -0.15) is 0 Å². The molecule has 1 aromatic carbocycles. The summed E-state index contributed by atoms with van der Waals surface area (Å²) in [5.74, 6) is 1.40. The quantitative estimate of drug-likeness (QED) is 0.878. The number of hydrogen-bond donors (Lipinski definition) is 1. The lowest BCUT2D eigenvalue weighted by molar-refractivity contribution is 0.293. The smallest absolute Gasteiger partial charge is 0.219 e. The van der Waals surface area contributed by atoms with E-state index in [0.717, 1.165) is 23.3 Å². The summed E-state index contributed by atoms with van der Waals surface area (Å²) in [6, 6.07) is 11.8. The van der Waals surface area contributed by atoms with Crippen LogP contribution in [0, 0.1) is 0 Å². The lowest BCUT2D eigenvalue weighted by Crippen LogP contribution is -2.08. The number of pyridine rings is 1. The largest absolute Gasteiger partial charge is 0.489 e. The van der Waals surface area contributed by atoms with Crippen LogP contribution in [0.15, 0.2) is 42.6 Å². The Morgan fingerprint density at radius 1 is 1.20 bits per heavy atom. The normalized spacial score (nSPS) is 11.9. The molecule has 1 heterocycles. The van der Waals surface area contributed by atoms with Gasteiger partial charge in [-0.25, -0.2) is 4.98 Å². The van der Waals surface area contributed by atoms with Crippen LogP contribution in [0.4, 0.5) is 0 Å². The van der Waals surface area contributed by atoms with Crippen molar-refractivity contribution in [3.63, 3.8) is 0 Å². The van der Waals surface area contributed by atoms with E-state index in [-0.39, 0.29) is 6.04 Å². The van der Waals surface area contributed by atoms with Crippen molar-refractivity contribution in [3.8, 4) is 11.6 Å². The van der Waals surface area contributed by atoms with Crippen molar-refractivity contribution in [2.75, 3.05) is 7.11 Å². The summed E-state index contributed by atoms with van der Waals surface area (Å²) < 4.78 is 10.9. The maximum atomic E-state index is 5.98. The van der Waals surface area contributed by atoms with Crippen molar-refractivity contribution in [1.29, 1.82) is 0 Å². The first-order valence-corrected chi connectivity index (χ1v) is 6.70. The zero-order valence-corrected chi connectivity index (χ0v) is 11.9. The van der Waals surface area contributed by atoms with Gasteiger partial charge in [0.1, 0.15) is 12.4 Å². The monoisotopic (exact) mass is 272 g/mol. The fourth-order valence-corrected chi connectivity index (χ4v) is 1.93. The summed E-state index contributed by atoms with van der Waals surface area (Å²) in [5.41, 5.74) is 8.03. The Balaban J connectivity index is 2.00. The fourth-order valence-electron chi connectivity index (χ4n) is 1.93. The van der Waals surface area contributed by atoms with Crippen LogP contribution in [0.1, 0.15) is 30.5 Å². The van der Waals surface area contributed by atoms with E-state index >= 15 is 0 Å². The van der Waals surface area contributed by atoms with Crippen LogP contribution in [0.25, 0.3) is 0 Å². The van der Waals surface area contributed by atoms with E-state index < -0.39 is 0 Å². The molecule has 4 heteroatoms. The average molecular weight is 272 g/mol. The highest BCUT2D eigenvalue weighted by Gasteiger charge is 2.05. The summed E-state index contributed by atoms with van der Waals surface area (Å²) in [4.78, 5) is 4.14. The van der Waals surface area contributed by atoms with Gasteiger partial charge in [0.2, 0.25) is 5.88 Å². The van der Waals surface area contributed by atoms with Gasteiger partial charge in [-0.3, -0.25) is 0 Å². The van der Waals surface area contributed by atoms with Crippen molar-refractivity contribution >= 4 is 0 Å². The van der Waals surface area contributed by atoms with E-state index in [4.69, 9.17) is 15.2 Å². The van der Waals surface area contributed by atoms with Gasteiger partial charge in [-0.05, 0) is 36.2 Å². The molecule has 2 rings (SSSR count). The number of ether oxygens (including phenoxy) is 2. The Labute approximate surface area is 119 Å². The van der Waals surface area contributed by atoms with Crippen molar-refractivity contribution in [2.45, 2.75) is 26.0 Å². The van der Waals surface area contributed by atoms with Gasteiger partial charge < -0.3 is 15.2 Å². The Bertz CT molecular complexity index is 540. The molecule has 0 spiro atoms. The number of aromatic nitrogens is 1. The van der Waals surface area contributed by atoms with Crippen LogP contribution < -0.4 is 15.2 Å². The molecule has 0 aliphatic heterocycles. The second-order valence-corrected chi connectivity index (χ2v) is 4.54. The molecule has 2 N–H and O–H groups in total. The molecule has 20 heavy (non-hydrogen) atoms. The first-order valence-electron chi connectivity index (χ1n) is 6.70. The average Bonchev–Trinajstić information content (AvgIpc) is 2.53. The number of hydrogen-bond acceptors (Lipinski definition) is 4. The highest BCUT2D eigenvalue weighted by Crippen LogP contribution is 2.20. The molecular formula is C16H20N2O2. The zero-order valence-electron chi connectivity index (χ0n) is 11.9. The highest BCUT2D eigenvalue weighted by molar-refractivity contribution is 5.30. The van der Waals surface area contributed by atoms with Crippen molar-refractivity contribution in [3.05, 3.63) is 53.7 Å². The van der Waals surface area contributed by atoms with Crippen molar-refractivity contribution in [2.24, 2.45) is 5.73 Å². The van der Waals surface area contributed by atoms with Crippen molar-refractivity contribution in [1.82, 2.24) is 4.98 Å². The molecule has 106 valence electrons. The van der Waals surface area contributed by atoms with Crippen LogP contribution in [-0.2, 0) is 6.61 Å². The maximum absolute atomic E-state index is 5.98. The second kappa shape index (κ2) is 6.91. The van der Waals surface area contributed by atoms with Gasteiger partial charge in [0, 0.05) is 12.2 Å². The molecule has 2 aromatic rings. The Kier molecular flexibility index (Phi) is 4.96. The van der Waals surface area contributed by atoms with Gasteiger partial charge in [-0.15, -0.1) is 0 Å². The minimum atomic E-state index is 0.0856. The molecule has 0 aliphatic carbocycles. The van der Waals surface area contributed by atoms with Crippen LogP contribution >= 0.6 is 0 Å². The Morgan fingerprint density at radius 2 is 1.95 bits per heavy atom. The van der Waals surface area contributed by atoms with Crippen LogP contribution in [-0.4, -0.2) is 12.1 Å². The number of methoxy groups -OCH3 is 1. The summed E-state index contributed by atoms with van der Waals surface area (Å²) in [6.07, 6.45) is 2.62. The minimum Gasteiger partial charge on any atom is -0.489 e. The molecule has 0 fully saturated rings. The summed E-state index contributed by atoms with van der Waals surface area (Å²) >= 11 is 0. The van der Waals surface area contributed by atoms with E-state index in [1.165, 1.54) is 0 Å². The van der Waals surface area contributed by atoms with E-state index in [1.807, 2.05) is 36.4 Å². The van der Waals surface area contributed by atoms with E-state index in [0.29, 0.717) is 12.5 Å². The van der Waals surface area contributed by atoms with Crippen LogP contribution in [0.3, 0.4) is 0 Å². The van der Waals surface area contributed by atoms with E-state index in [9.17, 15) is 0 Å². The lowest BCUT2D eigenvalue weighted by Gasteiger charge is -2.11. The van der Waals surface area contributed by atoms with Gasteiger partial charge in [-0.1, -0.05) is 19.1 Å². The minimum absolute atomic E-state index is 0.0856. The fraction of sp³-hybridized carbons (Fsp3) is 0.312. The molecular weight excluding hydrogens is 252 g/mol. The zero-order chi connectivity index (χ0) is 14.4. The molecule has 1 aromatic heterocycles. The summed E-state index contributed by atoms with van der Waals surface area (Å²) in [5, 5.41) is 0. The molecule has 0 saturated carbocycles. The predicted octanol–water partition coefficient (Wildman–Crippen LogP) is 3.08. The molecule has 0 amide bonds. The number of benzene rings is 1. The van der Waals surface area contributed by atoms with Crippen LogP contribution in [0.2, 0.25) is 0 Å². The third-order valence-electron chi connectivity index (χ3n) is 3.19. The van der Waals surface area contributed by atoms with E-state index in [2.05, 4.69) is 11.9 Å². The molecule has 1 atom stereocenters. The molecule has 1 unspecified atom stereocenters. The Morgan fingerprint density at radius 3 is 2.60 bits per heavy atom. The van der Waals surface area contributed by atoms with E-state index in [1.54, 1.807) is 13.3 Å². The van der Waals surface area contributed by atoms with Gasteiger partial charge in [0.25, 0.3) is 0 Å². The lowest BCUT2D eigenvalue weighted by atomic mass is 10.1. The van der Waals surface area contributed by atoms with Gasteiger partial charge in [0.05, 0.1) is 12.7 Å². The molecule has 0 saturated heterocycles. The topological polar surface area (TPSA) is 57.4 Å². The number of rotatable bonds is 6. The highest BCUT2D eigenvalue weighted by atomic mass is 16.5. The maximum Gasteiger partial charge on any atom is 0.219 e. The number of nitrogens with two attached hydrogens (primary N) is 1. The number of nitrogens with zero attached hydrogens (tertiary/aromatic N) is 1. The molecule has 0 radical (unpaired) electrons. The Hall–Kier alpha value is -2.07. The third kappa shape index (κ3) is 3.48. The van der Waals surface area contributed by atoms with Crippen LogP contribution in [0.5, 0.6) is 11.6 Å². The summed E-state index contributed by atoms with van der Waals surface area (Å²) in [6.45, 7) is 2.50. The standard InChI is InChI=1S/C16H20N2O2/c1-3-15(17)12-6-8-14(9-7-12)20-11-13-5-4-10-18-16(13)19-2/h4-10,15H,3,11,17H2,1-2H3. The molecule has 0 aliphatic rings. The molecule has 0 bridgehead atoms. The summed E-state index contributed by atoms with van der Waals surface area (Å²) in [7, 11) is 1.60. The first-order chi connectivity index (χ1) is 9.74. The van der Waals surface area contributed by atoms with Gasteiger partial charge in [0.15, 0.2) is 0 Å². The first kappa shape index (κ1) is 14.3. The second-order valence-electron chi connectivity index (χ2n) is 4.54. The van der Waals surface area contributed by atoms with Gasteiger partial charge >= 0.3 is 0 Å². The van der Waals surface area contributed by atoms with Crippen molar-refractivity contribution < 1.29 is 9.47 Å². The SMILES string of the molecule is CCC(N)c1ccc(OCc2cccnc2OC)cc1.